The van der Waals surface area contributed by atoms with Crippen LogP contribution < -0.4 is 0 Å². The predicted molar refractivity (Wildman–Crippen MR) is 52.9 cm³/mol. The molecule has 3 nitrogen and oxygen atoms in total. The molecule has 0 atom stereocenters. The molecule has 2 rings (SSSR count). The summed E-state index contributed by atoms with van der Waals surface area (Å²) in [5.74, 6) is -0.782. The van der Waals surface area contributed by atoms with Crippen LogP contribution in [0, 0.1) is 0 Å². The first-order valence-electron chi connectivity index (χ1n) is 5.27. The van der Waals surface area contributed by atoms with E-state index in [0.717, 1.165) is 18.8 Å². The van der Waals surface area contributed by atoms with Gasteiger partial charge < -0.3 is 4.57 Å². The van der Waals surface area contributed by atoms with E-state index in [9.17, 15) is 13.2 Å². The van der Waals surface area contributed by atoms with Gasteiger partial charge in [0, 0.05) is 32.3 Å². The second-order valence-corrected chi connectivity index (χ2v) is 4.00. The Kier molecular flexibility index (Phi) is 2.69. The summed E-state index contributed by atoms with van der Waals surface area (Å²) >= 11 is 0. The smallest absolute Gasteiger partial charge is 0.327 e. The maximum atomic E-state index is 12.6. The Morgan fingerprint density at radius 2 is 2.06 bits per heavy atom. The van der Waals surface area contributed by atoms with Crippen LogP contribution in [0.5, 0.6) is 0 Å². The van der Waals surface area contributed by atoms with Gasteiger partial charge in [0.05, 0.1) is 5.69 Å². The van der Waals surface area contributed by atoms with Crippen molar-refractivity contribution >= 4 is 0 Å². The Labute approximate surface area is 91.9 Å². The Morgan fingerprint density at radius 1 is 1.38 bits per heavy atom. The molecule has 1 aromatic heterocycles. The van der Waals surface area contributed by atoms with Gasteiger partial charge in [0.2, 0.25) is 5.82 Å². The highest BCUT2D eigenvalue weighted by Gasteiger charge is 2.38. The number of halogens is 3. The SMILES string of the molecule is CCN1CCc2c(nc(C(F)(F)F)n2C)C1. The van der Waals surface area contributed by atoms with Crippen molar-refractivity contribution < 1.29 is 13.2 Å². The molecule has 0 bridgehead atoms. The molecule has 16 heavy (non-hydrogen) atoms. The standard InChI is InChI=1S/C10H14F3N3/c1-3-16-5-4-8-7(6-16)14-9(15(8)2)10(11,12)13/h3-6H2,1-2H3. The summed E-state index contributed by atoms with van der Waals surface area (Å²) in [7, 11) is 1.44. The highest BCUT2D eigenvalue weighted by atomic mass is 19.4. The summed E-state index contributed by atoms with van der Waals surface area (Å²) in [6, 6.07) is 0. The maximum Gasteiger partial charge on any atom is 0.449 e. The third-order valence-corrected chi connectivity index (χ3v) is 3.04. The largest absolute Gasteiger partial charge is 0.449 e. The lowest BCUT2D eigenvalue weighted by atomic mass is 10.1. The molecule has 0 fully saturated rings. The monoisotopic (exact) mass is 233 g/mol. The molecule has 0 aliphatic carbocycles. The number of aromatic nitrogens is 2. The van der Waals surface area contributed by atoms with E-state index in [1.165, 1.54) is 11.6 Å². The van der Waals surface area contributed by atoms with Gasteiger partial charge in [-0.15, -0.1) is 0 Å². The first-order valence-corrected chi connectivity index (χ1v) is 5.27. The van der Waals surface area contributed by atoms with E-state index in [-0.39, 0.29) is 0 Å². The lowest BCUT2D eigenvalue weighted by Crippen LogP contribution is -2.30. The lowest BCUT2D eigenvalue weighted by molar-refractivity contribution is -0.146. The van der Waals surface area contributed by atoms with Crippen molar-refractivity contribution in [3.05, 3.63) is 17.2 Å². The molecule has 0 unspecified atom stereocenters. The van der Waals surface area contributed by atoms with Crippen molar-refractivity contribution in [2.75, 3.05) is 13.1 Å². The second-order valence-electron chi connectivity index (χ2n) is 4.00. The topological polar surface area (TPSA) is 21.1 Å². The van der Waals surface area contributed by atoms with E-state index >= 15 is 0 Å². The fourth-order valence-electron chi connectivity index (χ4n) is 2.11. The van der Waals surface area contributed by atoms with Crippen LogP contribution in [0.1, 0.15) is 24.1 Å². The normalized spacial score (nSPS) is 17.6. The molecule has 1 aliphatic heterocycles. The van der Waals surface area contributed by atoms with Gasteiger partial charge in [0.1, 0.15) is 0 Å². The molecule has 90 valence electrons. The summed E-state index contributed by atoms with van der Waals surface area (Å²) in [6.45, 7) is 4.17. The maximum absolute atomic E-state index is 12.6. The van der Waals surface area contributed by atoms with Crippen LogP contribution in [-0.2, 0) is 26.2 Å². The fraction of sp³-hybridized carbons (Fsp3) is 0.700. The average molecular weight is 233 g/mol. The third kappa shape index (κ3) is 1.81. The molecule has 1 aliphatic rings. The van der Waals surface area contributed by atoms with E-state index < -0.39 is 12.0 Å². The van der Waals surface area contributed by atoms with E-state index in [2.05, 4.69) is 9.88 Å². The molecular weight excluding hydrogens is 219 g/mol. The van der Waals surface area contributed by atoms with Gasteiger partial charge >= 0.3 is 6.18 Å². The number of likely N-dealkylation sites (N-methyl/N-ethyl adjacent to an activating group) is 1. The first-order chi connectivity index (χ1) is 7.43. The highest BCUT2D eigenvalue weighted by molar-refractivity contribution is 5.21. The molecule has 0 radical (unpaired) electrons. The number of fused-ring (bicyclic) bond motifs is 1. The quantitative estimate of drug-likeness (QED) is 0.737. The van der Waals surface area contributed by atoms with Crippen molar-refractivity contribution in [2.45, 2.75) is 26.1 Å². The number of imidazole rings is 1. The van der Waals surface area contributed by atoms with Crippen molar-refractivity contribution in [3.8, 4) is 0 Å². The van der Waals surface area contributed by atoms with Crippen molar-refractivity contribution in [1.29, 1.82) is 0 Å². The summed E-state index contributed by atoms with van der Waals surface area (Å²) < 4.78 is 39.0. The van der Waals surface area contributed by atoms with Gasteiger partial charge in [-0.2, -0.15) is 13.2 Å². The van der Waals surface area contributed by atoms with Gasteiger partial charge in [0.15, 0.2) is 0 Å². The van der Waals surface area contributed by atoms with Crippen molar-refractivity contribution in [2.24, 2.45) is 7.05 Å². The predicted octanol–water partition coefficient (Wildman–Crippen LogP) is 1.82. The van der Waals surface area contributed by atoms with Gasteiger partial charge in [0.25, 0.3) is 0 Å². The molecule has 6 heteroatoms. The van der Waals surface area contributed by atoms with Crippen LogP contribution in [0.3, 0.4) is 0 Å². The molecule has 0 aromatic carbocycles. The van der Waals surface area contributed by atoms with Crippen LogP contribution in [-0.4, -0.2) is 27.5 Å². The minimum absolute atomic E-state index is 0.524. The molecule has 0 N–H and O–H groups in total. The second kappa shape index (κ2) is 3.76. The zero-order valence-electron chi connectivity index (χ0n) is 9.30. The molecule has 0 saturated heterocycles. The van der Waals surface area contributed by atoms with Crippen LogP contribution in [0.25, 0.3) is 0 Å². The minimum atomic E-state index is -4.36. The minimum Gasteiger partial charge on any atom is -0.327 e. The summed E-state index contributed by atoms with van der Waals surface area (Å²) in [5, 5.41) is 0. The Hall–Kier alpha value is -1.04. The van der Waals surface area contributed by atoms with E-state index in [4.69, 9.17) is 0 Å². The van der Waals surface area contributed by atoms with Crippen LogP contribution in [0.15, 0.2) is 0 Å². The van der Waals surface area contributed by atoms with E-state index in [1.54, 1.807) is 0 Å². The lowest BCUT2D eigenvalue weighted by Gasteiger charge is -2.24. The fourth-order valence-corrected chi connectivity index (χ4v) is 2.11. The zero-order chi connectivity index (χ0) is 11.9. The van der Waals surface area contributed by atoms with Crippen LogP contribution in [0.2, 0.25) is 0 Å². The number of rotatable bonds is 1. The molecule has 2 heterocycles. The summed E-state index contributed by atoms with van der Waals surface area (Å²) in [6.07, 6.45) is -3.72. The number of hydrogen-bond acceptors (Lipinski definition) is 2. The van der Waals surface area contributed by atoms with Crippen molar-refractivity contribution in [1.82, 2.24) is 14.5 Å². The van der Waals surface area contributed by atoms with E-state index in [0.29, 0.717) is 18.7 Å². The van der Waals surface area contributed by atoms with Gasteiger partial charge in [-0.05, 0) is 6.54 Å². The van der Waals surface area contributed by atoms with Gasteiger partial charge in [-0.25, -0.2) is 4.98 Å². The average Bonchev–Trinajstić information content (AvgIpc) is 2.55. The zero-order valence-corrected chi connectivity index (χ0v) is 9.30. The Bertz CT molecular complexity index is 395. The summed E-state index contributed by atoms with van der Waals surface area (Å²) in [4.78, 5) is 5.81. The number of alkyl halides is 3. The third-order valence-electron chi connectivity index (χ3n) is 3.04. The van der Waals surface area contributed by atoms with Gasteiger partial charge in [-0.3, -0.25) is 4.90 Å². The molecule has 0 saturated carbocycles. The number of hydrogen-bond donors (Lipinski definition) is 0. The first kappa shape index (κ1) is 11.4. The molecule has 0 spiro atoms. The van der Waals surface area contributed by atoms with Crippen LogP contribution >= 0.6 is 0 Å². The van der Waals surface area contributed by atoms with Crippen LogP contribution in [0.4, 0.5) is 13.2 Å². The van der Waals surface area contributed by atoms with E-state index in [1.807, 2.05) is 6.92 Å². The molecular formula is C10H14F3N3. The van der Waals surface area contributed by atoms with Gasteiger partial charge in [-0.1, -0.05) is 6.92 Å². The number of nitrogens with zero attached hydrogens (tertiary/aromatic N) is 3. The highest BCUT2D eigenvalue weighted by Crippen LogP contribution is 2.31. The van der Waals surface area contributed by atoms with Crippen molar-refractivity contribution in [3.63, 3.8) is 0 Å². The molecule has 0 amide bonds. The Morgan fingerprint density at radius 3 is 2.62 bits per heavy atom. The molecule has 1 aromatic rings. The summed E-state index contributed by atoms with van der Waals surface area (Å²) in [5.41, 5.74) is 1.29. The Balaban J connectivity index is 2.38.